The van der Waals surface area contributed by atoms with Crippen LogP contribution < -0.4 is 15.9 Å². The molecule has 0 aliphatic heterocycles. The minimum Gasteiger partial charge on any atom is -0.0651 e. The monoisotopic (exact) mass is 394 g/mol. The van der Waals surface area contributed by atoms with Crippen molar-refractivity contribution >= 4 is 23.8 Å². The normalized spacial score (nSPS) is 11.0. The van der Waals surface area contributed by atoms with Gasteiger partial charge in [-0.05, 0) is 53.4 Å². The lowest BCUT2D eigenvalue weighted by Crippen LogP contribution is -2.20. The van der Waals surface area contributed by atoms with Gasteiger partial charge in [-0.1, -0.05) is 123 Å². The van der Waals surface area contributed by atoms with E-state index in [1.807, 2.05) is 0 Å². The number of aryl methyl sites for hydroxylation is 1. The van der Waals surface area contributed by atoms with Crippen molar-refractivity contribution in [2.75, 3.05) is 0 Å². The van der Waals surface area contributed by atoms with Gasteiger partial charge in [0.25, 0.3) is 0 Å². The predicted molar refractivity (Wildman–Crippen MR) is 128 cm³/mol. The largest absolute Gasteiger partial charge is 0.0651 e. The van der Waals surface area contributed by atoms with Gasteiger partial charge in [-0.3, -0.25) is 0 Å². The molecule has 0 aromatic heterocycles. The van der Waals surface area contributed by atoms with E-state index in [1.54, 1.807) is 0 Å². The third kappa shape index (κ3) is 5.03. The first kappa shape index (κ1) is 19.6. The molecule has 0 saturated heterocycles. The molecule has 0 N–H and O–H groups in total. The molecule has 4 rings (SSSR count). The Kier molecular flexibility index (Phi) is 6.55. The van der Waals surface area contributed by atoms with E-state index in [9.17, 15) is 0 Å². The standard InChI is InChI=1S/C28H27P/c1-2-9-23-14-16-24(17-15-23)22-25-18-20-28(21-19-25)29(26-10-5-3-6-11-26)27-12-7-4-8-13-27/h3-8,10-21H,2,9,22H2,1H3. The molecule has 0 radical (unpaired) electrons. The average molecular weight is 394 g/mol. The van der Waals surface area contributed by atoms with Gasteiger partial charge in [0.1, 0.15) is 0 Å². The Hall–Kier alpha value is -2.69. The maximum atomic E-state index is 2.33. The molecule has 0 fully saturated rings. The lowest BCUT2D eigenvalue weighted by molar-refractivity contribution is 0.920. The fourth-order valence-electron chi connectivity index (χ4n) is 3.71. The van der Waals surface area contributed by atoms with Gasteiger partial charge >= 0.3 is 0 Å². The van der Waals surface area contributed by atoms with Crippen LogP contribution in [0.3, 0.4) is 0 Å². The smallest absolute Gasteiger partial charge is 0.00258 e. The van der Waals surface area contributed by atoms with Crippen LogP contribution in [-0.2, 0) is 12.8 Å². The third-order valence-corrected chi connectivity index (χ3v) is 7.64. The van der Waals surface area contributed by atoms with Crippen LogP contribution in [0, 0.1) is 0 Å². The quantitative estimate of drug-likeness (QED) is 0.338. The van der Waals surface area contributed by atoms with E-state index in [-0.39, 0.29) is 0 Å². The van der Waals surface area contributed by atoms with Gasteiger partial charge in [-0.2, -0.15) is 0 Å². The SMILES string of the molecule is CCCc1ccc(Cc2ccc(P(c3ccccc3)c3ccccc3)cc2)cc1. The Labute approximate surface area is 176 Å². The lowest BCUT2D eigenvalue weighted by atomic mass is 10.0. The highest BCUT2D eigenvalue weighted by Crippen LogP contribution is 2.32. The summed E-state index contributed by atoms with van der Waals surface area (Å²) in [6.07, 6.45) is 3.35. The molecule has 0 unspecified atom stereocenters. The molecule has 0 spiro atoms. The fraction of sp³-hybridized carbons (Fsp3) is 0.143. The summed E-state index contributed by atoms with van der Waals surface area (Å²) >= 11 is 0. The van der Waals surface area contributed by atoms with Gasteiger partial charge in [0.15, 0.2) is 0 Å². The minimum absolute atomic E-state index is 0.526. The first-order chi connectivity index (χ1) is 14.3. The number of benzene rings is 4. The van der Waals surface area contributed by atoms with Crippen LogP contribution in [-0.4, -0.2) is 0 Å². The van der Waals surface area contributed by atoms with E-state index in [1.165, 1.54) is 39.0 Å². The lowest BCUT2D eigenvalue weighted by Gasteiger charge is -2.19. The molecule has 0 atom stereocenters. The summed E-state index contributed by atoms with van der Waals surface area (Å²) in [5, 5.41) is 4.19. The average Bonchev–Trinajstić information content (AvgIpc) is 2.78. The maximum Gasteiger partial charge on any atom is -0.00258 e. The van der Waals surface area contributed by atoms with Crippen LogP contribution in [0.2, 0.25) is 0 Å². The van der Waals surface area contributed by atoms with E-state index in [0.29, 0.717) is 0 Å². The molecule has 0 aliphatic carbocycles. The highest BCUT2D eigenvalue weighted by Gasteiger charge is 2.15. The fourth-order valence-corrected chi connectivity index (χ4v) is 5.99. The second kappa shape index (κ2) is 9.68. The van der Waals surface area contributed by atoms with Gasteiger partial charge in [0.2, 0.25) is 0 Å². The van der Waals surface area contributed by atoms with Crippen molar-refractivity contribution in [2.24, 2.45) is 0 Å². The number of hydrogen-bond acceptors (Lipinski definition) is 0. The summed E-state index contributed by atoms with van der Waals surface area (Å²) in [5.74, 6) is 0. The second-order valence-corrected chi connectivity index (χ2v) is 9.64. The molecular formula is C28H27P. The molecule has 0 bridgehead atoms. The van der Waals surface area contributed by atoms with Gasteiger partial charge in [-0.15, -0.1) is 0 Å². The van der Waals surface area contributed by atoms with Crippen LogP contribution in [0.15, 0.2) is 109 Å². The minimum atomic E-state index is -0.526. The first-order valence-corrected chi connectivity index (χ1v) is 11.7. The Morgan fingerprint density at radius 3 is 1.38 bits per heavy atom. The molecule has 4 aromatic rings. The molecule has 0 heterocycles. The summed E-state index contributed by atoms with van der Waals surface area (Å²) in [6, 6.07) is 40.1. The van der Waals surface area contributed by atoms with E-state index in [4.69, 9.17) is 0 Å². The zero-order valence-corrected chi connectivity index (χ0v) is 17.9. The summed E-state index contributed by atoms with van der Waals surface area (Å²) in [5.41, 5.74) is 4.18. The van der Waals surface area contributed by atoms with Crippen molar-refractivity contribution in [3.8, 4) is 0 Å². The zero-order valence-electron chi connectivity index (χ0n) is 17.0. The Morgan fingerprint density at radius 2 is 0.897 bits per heavy atom. The molecule has 4 aromatic carbocycles. The molecule has 0 saturated carbocycles. The van der Waals surface area contributed by atoms with Gasteiger partial charge in [0.05, 0.1) is 0 Å². The summed E-state index contributed by atoms with van der Waals surface area (Å²) in [7, 11) is -0.526. The van der Waals surface area contributed by atoms with Crippen LogP contribution in [0.1, 0.15) is 30.0 Å². The van der Waals surface area contributed by atoms with Crippen molar-refractivity contribution in [1.29, 1.82) is 0 Å². The first-order valence-electron chi connectivity index (χ1n) is 10.4. The highest BCUT2D eigenvalue weighted by molar-refractivity contribution is 7.79. The molecule has 0 nitrogen and oxygen atoms in total. The van der Waals surface area contributed by atoms with Gasteiger partial charge < -0.3 is 0 Å². The van der Waals surface area contributed by atoms with Gasteiger partial charge in [0, 0.05) is 0 Å². The van der Waals surface area contributed by atoms with Crippen LogP contribution in [0.5, 0.6) is 0 Å². The maximum absolute atomic E-state index is 2.33. The summed E-state index contributed by atoms with van der Waals surface area (Å²) in [6.45, 7) is 2.23. The number of hydrogen-bond donors (Lipinski definition) is 0. The Morgan fingerprint density at radius 1 is 0.483 bits per heavy atom. The van der Waals surface area contributed by atoms with Crippen molar-refractivity contribution in [3.63, 3.8) is 0 Å². The third-order valence-electron chi connectivity index (χ3n) is 5.19. The van der Waals surface area contributed by atoms with Crippen molar-refractivity contribution < 1.29 is 0 Å². The summed E-state index contributed by atoms with van der Waals surface area (Å²) < 4.78 is 0. The van der Waals surface area contributed by atoms with Crippen LogP contribution in [0.25, 0.3) is 0 Å². The van der Waals surface area contributed by atoms with E-state index in [0.717, 1.165) is 12.8 Å². The highest BCUT2D eigenvalue weighted by atomic mass is 31.1. The van der Waals surface area contributed by atoms with E-state index < -0.39 is 7.92 Å². The summed E-state index contributed by atoms with van der Waals surface area (Å²) in [4.78, 5) is 0. The molecule has 29 heavy (non-hydrogen) atoms. The van der Waals surface area contributed by atoms with Crippen molar-refractivity contribution in [1.82, 2.24) is 0 Å². The molecule has 0 amide bonds. The topological polar surface area (TPSA) is 0 Å². The van der Waals surface area contributed by atoms with E-state index >= 15 is 0 Å². The Balaban J connectivity index is 1.57. The second-order valence-electron chi connectivity index (χ2n) is 7.42. The number of rotatable bonds is 7. The molecule has 1 heteroatoms. The van der Waals surface area contributed by atoms with E-state index in [2.05, 4.69) is 116 Å². The molecule has 144 valence electrons. The Bertz CT molecular complexity index is 964. The molecule has 0 aliphatic rings. The molecular weight excluding hydrogens is 367 g/mol. The van der Waals surface area contributed by atoms with Crippen molar-refractivity contribution in [3.05, 3.63) is 126 Å². The van der Waals surface area contributed by atoms with Gasteiger partial charge in [-0.25, -0.2) is 0 Å². The van der Waals surface area contributed by atoms with Crippen LogP contribution >= 0.6 is 7.92 Å². The predicted octanol–water partition coefficient (Wildman–Crippen LogP) is 5.99. The van der Waals surface area contributed by atoms with Crippen molar-refractivity contribution in [2.45, 2.75) is 26.2 Å². The zero-order chi connectivity index (χ0) is 19.9. The van der Waals surface area contributed by atoms with Crippen LogP contribution in [0.4, 0.5) is 0 Å².